The minimum absolute atomic E-state index is 0.446. The van der Waals surface area contributed by atoms with Crippen LogP contribution < -0.4 is 5.73 Å². The van der Waals surface area contributed by atoms with Crippen molar-refractivity contribution in [3.8, 4) is 0 Å². The summed E-state index contributed by atoms with van der Waals surface area (Å²) in [7, 11) is 0. The molecule has 164 valence electrons. The van der Waals surface area contributed by atoms with Crippen LogP contribution in [0, 0.1) is 18.3 Å². The van der Waals surface area contributed by atoms with Crippen LogP contribution in [0.1, 0.15) is 107 Å². The van der Waals surface area contributed by atoms with Crippen molar-refractivity contribution < 1.29 is 0 Å². The molecule has 2 saturated carbocycles. The van der Waals surface area contributed by atoms with Gasteiger partial charge in [0.1, 0.15) is 0 Å². The van der Waals surface area contributed by atoms with Gasteiger partial charge in [-0.05, 0) is 105 Å². The molecule has 3 aliphatic carbocycles. The van der Waals surface area contributed by atoms with E-state index in [4.69, 9.17) is 5.73 Å². The fourth-order valence-corrected chi connectivity index (χ4v) is 6.54. The molecular weight excluding hydrogens is 362 g/mol. The van der Waals surface area contributed by atoms with Crippen LogP contribution in [0.3, 0.4) is 0 Å². The Bertz CT molecular complexity index is 765. The summed E-state index contributed by atoms with van der Waals surface area (Å²) in [6, 6.07) is 7.95. The van der Waals surface area contributed by atoms with Crippen LogP contribution in [0.25, 0.3) is 0 Å². The first-order chi connectivity index (χ1) is 14.5. The highest BCUT2D eigenvalue weighted by Crippen LogP contribution is 2.51. The first-order valence-corrected chi connectivity index (χ1v) is 12.7. The Hall–Kier alpha value is -1.34. The number of hydrogen-bond donors (Lipinski definition) is 1. The monoisotopic (exact) mass is 405 g/mol. The molecule has 0 bridgehead atoms. The van der Waals surface area contributed by atoms with Gasteiger partial charge < -0.3 is 5.73 Å². The van der Waals surface area contributed by atoms with Gasteiger partial charge in [-0.25, -0.2) is 0 Å². The van der Waals surface area contributed by atoms with E-state index >= 15 is 0 Å². The van der Waals surface area contributed by atoms with Crippen LogP contribution in [0.2, 0.25) is 0 Å². The second-order valence-corrected chi connectivity index (χ2v) is 10.9. The van der Waals surface area contributed by atoms with E-state index in [1.54, 1.807) is 5.56 Å². The molecule has 2 fully saturated rings. The molecule has 30 heavy (non-hydrogen) atoms. The topological polar surface area (TPSA) is 26.0 Å². The van der Waals surface area contributed by atoms with Gasteiger partial charge in [0.25, 0.3) is 0 Å². The number of rotatable bonds is 7. The van der Waals surface area contributed by atoms with E-state index < -0.39 is 0 Å². The molecule has 0 heterocycles. The molecular formula is C29H43N. The number of benzene rings is 1. The quantitative estimate of drug-likeness (QED) is 0.492. The lowest BCUT2D eigenvalue weighted by Gasteiger charge is -2.42. The zero-order valence-electron chi connectivity index (χ0n) is 19.5. The number of nitrogens with two attached hydrogens (primary N) is 1. The Morgan fingerprint density at radius 2 is 1.90 bits per heavy atom. The molecule has 0 spiro atoms. The second kappa shape index (κ2) is 9.86. The van der Waals surface area contributed by atoms with Crippen LogP contribution in [-0.4, -0.2) is 6.04 Å². The lowest BCUT2D eigenvalue weighted by molar-refractivity contribution is 0.147. The molecule has 1 aromatic carbocycles. The summed E-state index contributed by atoms with van der Waals surface area (Å²) in [6.45, 7) is 4.94. The normalized spacial score (nSPS) is 27.1. The second-order valence-electron chi connectivity index (χ2n) is 10.9. The van der Waals surface area contributed by atoms with Crippen molar-refractivity contribution in [3.63, 3.8) is 0 Å². The Morgan fingerprint density at radius 3 is 2.57 bits per heavy atom. The number of aryl methyl sites for hydroxylation is 2. The summed E-state index contributed by atoms with van der Waals surface area (Å²) >= 11 is 0. The van der Waals surface area contributed by atoms with Crippen molar-refractivity contribution in [2.24, 2.45) is 17.1 Å². The predicted octanol–water partition coefficient (Wildman–Crippen LogP) is 7.78. The van der Waals surface area contributed by atoms with Crippen molar-refractivity contribution in [2.75, 3.05) is 0 Å². The highest BCUT2D eigenvalue weighted by molar-refractivity contribution is 5.35. The van der Waals surface area contributed by atoms with E-state index in [0.29, 0.717) is 17.4 Å². The van der Waals surface area contributed by atoms with Crippen LogP contribution >= 0.6 is 0 Å². The Labute approximate surface area is 185 Å². The highest BCUT2D eigenvalue weighted by Gasteiger charge is 2.38. The van der Waals surface area contributed by atoms with E-state index in [1.807, 2.05) is 0 Å². The zero-order chi connectivity index (χ0) is 21.0. The maximum atomic E-state index is 6.28. The van der Waals surface area contributed by atoms with Gasteiger partial charge in [0.05, 0.1) is 0 Å². The molecule has 0 aromatic heterocycles. The molecule has 1 heteroatoms. The molecule has 1 aromatic rings. The van der Waals surface area contributed by atoms with Crippen LogP contribution in [-0.2, 0) is 6.42 Å². The fourth-order valence-electron chi connectivity index (χ4n) is 6.54. The Kier molecular flexibility index (Phi) is 7.19. The van der Waals surface area contributed by atoms with Gasteiger partial charge in [0.15, 0.2) is 0 Å². The maximum absolute atomic E-state index is 6.28. The Balaban J connectivity index is 1.51. The lowest BCUT2D eigenvalue weighted by atomic mass is 9.62. The molecule has 4 rings (SSSR count). The van der Waals surface area contributed by atoms with Gasteiger partial charge in [-0.1, -0.05) is 68.2 Å². The van der Waals surface area contributed by atoms with Crippen LogP contribution in [0.4, 0.5) is 0 Å². The Morgan fingerprint density at radius 1 is 1.07 bits per heavy atom. The molecule has 3 aliphatic rings. The smallest absolute Gasteiger partial charge is 0.00415 e. The van der Waals surface area contributed by atoms with Gasteiger partial charge in [-0.2, -0.15) is 0 Å². The molecule has 0 radical (unpaired) electrons. The van der Waals surface area contributed by atoms with Gasteiger partial charge in [-0.3, -0.25) is 0 Å². The predicted molar refractivity (Wildman–Crippen MR) is 130 cm³/mol. The average molecular weight is 406 g/mol. The molecule has 1 nitrogen and oxygen atoms in total. The summed E-state index contributed by atoms with van der Waals surface area (Å²) in [4.78, 5) is 0. The molecule has 3 unspecified atom stereocenters. The number of allylic oxidation sites excluding steroid dienone is 4. The summed E-state index contributed by atoms with van der Waals surface area (Å²) < 4.78 is 0. The maximum Gasteiger partial charge on any atom is 0.00415 e. The van der Waals surface area contributed by atoms with Crippen molar-refractivity contribution >= 4 is 0 Å². The molecule has 0 saturated heterocycles. The summed E-state index contributed by atoms with van der Waals surface area (Å²) in [5, 5.41) is 0. The summed E-state index contributed by atoms with van der Waals surface area (Å²) in [5.41, 5.74) is 12.9. The minimum Gasteiger partial charge on any atom is -0.328 e. The highest BCUT2D eigenvalue weighted by atomic mass is 14.6. The van der Waals surface area contributed by atoms with Crippen molar-refractivity contribution in [2.45, 2.75) is 109 Å². The molecule has 0 amide bonds. The van der Waals surface area contributed by atoms with Gasteiger partial charge in [0.2, 0.25) is 0 Å². The minimum atomic E-state index is 0.446. The zero-order valence-corrected chi connectivity index (χ0v) is 19.5. The third kappa shape index (κ3) is 5.28. The summed E-state index contributed by atoms with van der Waals surface area (Å²) in [6.07, 6.45) is 24.1. The van der Waals surface area contributed by atoms with Gasteiger partial charge in [0, 0.05) is 6.04 Å². The van der Waals surface area contributed by atoms with E-state index in [9.17, 15) is 0 Å². The van der Waals surface area contributed by atoms with Crippen LogP contribution in [0.5, 0.6) is 0 Å². The first-order valence-electron chi connectivity index (χ1n) is 12.7. The van der Waals surface area contributed by atoms with Crippen LogP contribution in [0.15, 0.2) is 42.0 Å². The average Bonchev–Trinajstić information content (AvgIpc) is 3.17. The van der Waals surface area contributed by atoms with E-state index in [0.717, 1.165) is 5.92 Å². The SMILES string of the molecule is Cc1cc(C(CC2CCC(N)C2)C2(C)CCCCC2)ccc1CCC1=CCCC=C1. The third-order valence-electron chi connectivity index (χ3n) is 8.51. The standard InChI is InChI=1S/C29H43N/c1-22-19-26(15-14-25(22)13-11-23-9-5-3-6-10-23)28(21-24-12-16-27(30)20-24)29(2)17-7-4-8-18-29/h5,9-10,14-15,19,24,27-28H,3-4,6-8,11-13,16-18,20-21,30H2,1-2H3. The molecule has 2 N–H and O–H groups in total. The third-order valence-corrected chi connectivity index (χ3v) is 8.51. The van der Waals surface area contributed by atoms with E-state index in [2.05, 4.69) is 50.3 Å². The van der Waals surface area contributed by atoms with Gasteiger partial charge >= 0.3 is 0 Å². The fraction of sp³-hybridized carbons (Fsp3) is 0.655. The van der Waals surface area contributed by atoms with E-state index in [1.165, 1.54) is 100 Å². The van der Waals surface area contributed by atoms with Crippen molar-refractivity contribution in [1.82, 2.24) is 0 Å². The first kappa shape index (κ1) is 21.9. The largest absolute Gasteiger partial charge is 0.328 e. The lowest BCUT2D eigenvalue weighted by Crippen LogP contribution is -2.30. The summed E-state index contributed by atoms with van der Waals surface area (Å²) in [5.74, 6) is 1.53. The van der Waals surface area contributed by atoms with Crippen molar-refractivity contribution in [1.29, 1.82) is 0 Å². The number of hydrogen-bond acceptors (Lipinski definition) is 1. The molecule has 3 atom stereocenters. The van der Waals surface area contributed by atoms with Crippen molar-refractivity contribution in [3.05, 3.63) is 58.7 Å². The van der Waals surface area contributed by atoms with E-state index in [-0.39, 0.29) is 0 Å². The molecule has 0 aliphatic heterocycles. The van der Waals surface area contributed by atoms with Gasteiger partial charge in [-0.15, -0.1) is 0 Å².